The van der Waals surface area contributed by atoms with Crippen LogP contribution in [0.3, 0.4) is 0 Å². The maximum Gasteiger partial charge on any atom is 0.104 e. The summed E-state index contributed by atoms with van der Waals surface area (Å²) in [7, 11) is 1.92. The van der Waals surface area contributed by atoms with Crippen molar-refractivity contribution in [3.05, 3.63) is 54.0 Å². The van der Waals surface area contributed by atoms with E-state index in [0.717, 1.165) is 23.0 Å². The number of aryl methyl sites for hydroxylation is 1. The molecule has 4 nitrogen and oxygen atoms in total. The largest absolute Gasteiger partial charge is 0.389 e. The van der Waals surface area contributed by atoms with Crippen molar-refractivity contribution < 1.29 is 0 Å². The molecule has 0 spiro atoms. The lowest BCUT2D eigenvalue weighted by molar-refractivity contribution is 0.764. The fraction of sp³-hybridized carbons (Fsp3) is 0.143. The van der Waals surface area contributed by atoms with Crippen molar-refractivity contribution in [3.8, 4) is 0 Å². The van der Waals surface area contributed by atoms with Gasteiger partial charge in [-0.25, -0.2) is 0 Å². The van der Waals surface area contributed by atoms with Gasteiger partial charge >= 0.3 is 0 Å². The molecule has 0 fully saturated rings. The highest BCUT2D eigenvalue weighted by atomic mass is 32.1. The maximum absolute atomic E-state index is 5.75. The highest BCUT2D eigenvalue weighted by molar-refractivity contribution is 7.80. The fourth-order valence-corrected chi connectivity index (χ4v) is 2.50. The molecule has 0 unspecified atom stereocenters. The van der Waals surface area contributed by atoms with Crippen LogP contribution in [-0.4, -0.2) is 19.3 Å². The van der Waals surface area contributed by atoms with Crippen LogP contribution >= 0.6 is 12.2 Å². The van der Waals surface area contributed by atoms with Gasteiger partial charge in [0, 0.05) is 41.5 Å². The third kappa shape index (κ3) is 2.13. The van der Waals surface area contributed by atoms with E-state index in [1.165, 1.54) is 5.56 Å². The lowest BCUT2D eigenvalue weighted by Gasteiger charge is -2.05. The van der Waals surface area contributed by atoms with E-state index in [-0.39, 0.29) is 0 Å². The van der Waals surface area contributed by atoms with Crippen molar-refractivity contribution in [2.75, 3.05) is 0 Å². The molecular formula is C14H14N4S. The van der Waals surface area contributed by atoms with E-state index in [1.54, 1.807) is 0 Å². The van der Waals surface area contributed by atoms with Crippen LogP contribution in [0.2, 0.25) is 0 Å². The zero-order chi connectivity index (χ0) is 13.4. The van der Waals surface area contributed by atoms with Crippen LogP contribution in [0, 0.1) is 0 Å². The normalized spacial score (nSPS) is 11.0. The summed E-state index contributed by atoms with van der Waals surface area (Å²) < 4.78 is 3.98. The molecule has 0 atom stereocenters. The Labute approximate surface area is 116 Å². The first-order chi connectivity index (χ1) is 9.15. The van der Waals surface area contributed by atoms with E-state index in [1.807, 2.05) is 36.3 Å². The van der Waals surface area contributed by atoms with Gasteiger partial charge < -0.3 is 10.3 Å². The predicted octanol–water partition coefficient (Wildman–Crippen LogP) is 2.06. The van der Waals surface area contributed by atoms with Crippen LogP contribution in [0.25, 0.3) is 10.9 Å². The molecule has 2 N–H and O–H groups in total. The number of aromatic nitrogens is 3. The fourth-order valence-electron chi connectivity index (χ4n) is 2.33. The summed E-state index contributed by atoms with van der Waals surface area (Å²) in [5.41, 5.74) is 8.98. The molecule has 1 aromatic carbocycles. The highest BCUT2D eigenvalue weighted by Gasteiger charge is 2.08. The van der Waals surface area contributed by atoms with Crippen LogP contribution in [0.1, 0.15) is 11.1 Å². The average Bonchev–Trinajstić information content (AvgIpc) is 2.97. The van der Waals surface area contributed by atoms with Gasteiger partial charge in [0.2, 0.25) is 0 Å². The summed E-state index contributed by atoms with van der Waals surface area (Å²) in [5.74, 6) is 0. The molecule has 3 rings (SSSR count). The van der Waals surface area contributed by atoms with Gasteiger partial charge in [0.1, 0.15) is 4.99 Å². The Kier molecular flexibility index (Phi) is 2.83. The van der Waals surface area contributed by atoms with Crippen LogP contribution < -0.4 is 5.73 Å². The first-order valence-corrected chi connectivity index (χ1v) is 6.41. The number of thiocarbonyl (C=S) groups is 1. The van der Waals surface area contributed by atoms with Gasteiger partial charge in [-0.15, -0.1) is 0 Å². The summed E-state index contributed by atoms with van der Waals surface area (Å²) in [6.45, 7) is 0.790. The molecular weight excluding hydrogens is 256 g/mol. The molecule has 0 aliphatic heterocycles. The van der Waals surface area contributed by atoms with Crippen molar-refractivity contribution in [3.63, 3.8) is 0 Å². The number of hydrogen-bond acceptors (Lipinski definition) is 2. The van der Waals surface area contributed by atoms with Crippen molar-refractivity contribution in [1.29, 1.82) is 0 Å². The Morgan fingerprint density at radius 2 is 2.21 bits per heavy atom. The molecule has 0 amide bonds. The molecule has 2 heterocycles. The first kappa shape index (κ1) is 11.9. The molecule has 0 saturated carbocycles. The van der Waals surface area contributed by atoms with Crippen LogP contribution in [0.4, 0.5) is 0 Å². The Balaban J connectivity index is 2.06. The van der Waals surface area contributed by atoms with E-state index in [0.29, 0.717) is 4.99 Å². The van der Waals surface area contributed by atoms with E-state index < -0.39 is 0 Å². The number of nitrogens with zero attached hydrogens (tertiary/aromatic N) is 3. The summed E-state index contributed by atoms with van der Waals surface area (Å²) in [6.07, 6.45) is 5.95. The van der Waals surface area contributed by atoms with E-state index in [2.05, 4.69) is 28.0 Å². The van der Waals surface area contributed by atoms with E-state index >= 15 is 0 Å². The molecule has 3 aromatic rings. The predicted molar refractivity (Wildman–Crippen MR) is 80.1 cm³/mol. The van der Waals surface area contributed by atoms with Gasteiger partial charge in [0.15, 0.2) is 0 Å². The number of benzene rings is 1. The van der Waals surface area contributed by atoms with Gasteiger partial charge in [0.25, 0.3) is 0 Å². The summed E-state index contributed by atoms with van der Waals surface area (Å²) in [6, 6.07) is 8.07. The van der Waals surface area contributed by atoms with Crippen molar-refractivity contribution in [2.24, 2.45) is 12.8 Å². The SMILES string of the molecule is Cn1cc(Cn2ccc3c(C(N)=S)cccc32)cn1. The van der Waals surface area contributed by atoms with Crippen LogP contribution in [-0.2, 0) is 13.6 Å². The minimum atomic E-state index is 0.435. The van der Waals surface area contributed by atoms with Gasteiger partial charge in [-0.3, -0.25) is 4.68 Å². The second-order valence-corrected chi connectivity index (χ2v) is 5.01. The minimum Gasteiger partial charge on any atom is -0.389 e. The Bertz CT molecular complexity index is 754. The molecule has 0 aliphatic rings. The van der Waals surface area contributed by atoms with Crippen molar-refractivity contribution in [1.82, 2.24) is 14.3 Å². The second kappa shape index (κ2) is 4.51. The maximum atomic E-state index is 5.75. The summed E-state index contributed by atoms with van der Waals surface area (Å²) in [4.78, 5) is 0.435. The molecule has 0 bridgehead atoms. The summed E-state index contributed by atoms with van der Waals surface area (Å²) in [5, 5.41) is 5.28. The second-order valence-electron chi connectivity index (χ2n) is 4.57. The first-order valence-electron chi connectivity index (χ1n) is 6.00. The average molecular weight is 270 g/mol. The molecule has 96 valence electrons. The van der Waals surface area contributed by atoms with Crippen LogP contribution in [0.5, 0.6) is 0 Å². The van der Waals surface area contributed by atoms with E-state index in [4.69, 9.17) is 18.0 Å². The van der Waals surface area contributed by atoms with Gasteiger partial charge in [-0.2, -0.15) is 5.10 Å². The third-order valence-electron chi connectivity index (χ3n) is 3.19. The zero-order valence-electron chi connectivity index (χ0n) is 10.6. The Morgan fingerprint density at radius 1 is 1.37 bits per heavy atom. The van der Waals surface area contributed by atoms with Crippen molar-refractivity contribution in [2.45, 2.75) is 6.54 Å². The lowest BCUT2D eigenvalue weighted by Crippen LogP contribution is -2.09. The molecule has 19 heavy (non-hydrogen) atoms. The lowest BCUT2D eigenvalue weighted by atomic mass is 10.1. The topological polar surface area (TPSA) is 48.8 Å². The molecule has 2 aromatic heterocycles. The molecule has 0 aliphatic carbocycles. The number of rotatable bonds is 3. The minimum absolute atomic E-state index is 0.435. The molecule has 5 heteroatoms. The number of fused-ring (bicyclic) bond motifs is 1. The van der Waals surface area contributed by atoms with Gasteiger partial charge in [-0.05, 0) is 12.1 Å². The third-order valence-corrected chi connectivity index (χ3v) is 3.41. The van der Waals surface area contributed by atoms with Crippen LogP contribution in [0.15, 0.2) is 42.9 Å². The summed E-state index contributed by atoms with van der Waals surface area (Å²) >= 11 is 5.09. The Morgan fingerprint density at radius 3 is 2.89 bits per heavy atom. The smallest absolute Gasteiger partial charge is 0.104 e. The monoisotopic (exact) mass is 270 g/mol. The number of hydrogen-bond donors (Lipinski definition) is 1. The quantitative estimate of drug-likeness (QED) is 0.741. The zero-order valence-corrected chi connectivity index (χ0v) is 11.4. The van der Waals surface area contributed by atoms with Gasteiger partial charge in [0.05, 0.1) is 12.7 Å². The number of nitrogens with two attached hydrogens (primary N) is 1. The van der Waals surface area contributed by atoms with E-state index in [9.17, 15) is 0 Å². The molecule has 0 saturated heterocycles. The Hall–Kier alpha value is -2.14. The van der Waals surface area contributed by atoms with Gasteiger partial charge in [-0.1, -0.05) is 24.4 Å². The van der Waals surface area contributed by atoms with Crippen molar-refractivity contribution >= 4 is 28.1 Å². The highest BCUT2D eigenvalue weighted by Crippen LogP contribution is 2.21. The molecule has 0 radical (unpaired) electrons. The standard InChI is InChI=1S/C14H14N4S/c1-17-8-10(7-16-17)9-18-6-5-11-12(14(15)19)3-2-4-13(11)18/h2-8H,9H2,1H3,(H2,15,19).